The van der Waals surface area contributed by atoms with E-state index in [0.29, 0.717) is 17.5 Å². The Morgan fingerprint density at radius 3 is 2.06 bits per heavy atom. The van der Waals surface area contributed by atoms with Crippen LogP contribution in [0, 0.1) is 0 Å². The van der Waals surface area contributed by atoms with Crippen LogP contribution in [0.25, 0.3) is 0 Å². The SMILES string of the molecule is O=C(CCc1cnccn1)N[C@H](c1ccccc1)C(O)(c1cccnc1)c1cccnc1. The van der Waals surface area contributed by atoms with Crippen LogP contribution in [0.5, 0.6) is 0 Å². The standard InChI is InChI=1S/C25H23N5O2/c31-23(11-10-22-18-28-14-15-29-22)30-24(19-6-2-1-3-7-19)25(32,20-8-4-12-26-16-20)21-9-5-13-27-17-21/h1-9,12-18,24,32H,10-11H2,(H,30,31)/t24-/m1/s1. The molecule has 0 saturated carbocycles. The Morgan fingerprint density at radius 1 is 0.844 bits per heavy atom. The number of nitrogens with zero attached hydrogens (tertiary/aromatic N) is 4. The number of benzene rings is 1. The summed E-state index contributed by atoms with van der Waals surface area (Å²) in [5.41, 5.74) is 1.00. The Bertz CT molecular complexity index is 1090. The number of aromatic nitrogens is 4. The normalized spacial score (nSPS) is 12.2. The molecule has 3 aromatic heterocycles. The van der Waals surface area contributed by atoms with Crippen LogP contribution >= 0.6 is 0 Å². The van der Waals surface area contributed by atoms with Gasteiger partial charge in [0.1, 0.15) is 5.60 Å². The molecule has 1 aromatic carbocycles. The highest BCUT2D eigenvalue weighted by Crippen LogP contribution is 2.40. The number of carbonyl (C=O) groups excluding carboxylic acids is 1. The van der Waals surface area contributed by atoms with Crippen LogP contribution in [0.1, 0.15) is 34.8 Å². The van der Waals surface area contributed by atoms with Crippen molar-refractivity contribution in [2.24, 2.45) is 0 Å². The molecule has 0 unspecified atom stereocenters. The van der Waals surface area contributed by atoms with Gasteiger partial charge in [-0.15, -0.1) is 0 Å². The molecule has 0 aliphatic heterocycles. The Labute approximate surface area is 186 Å². The number of nitrogens with one attached hydrogen (secondary N) is 1. The van der Waals surface area contributed by atoms with Crippen LogP contribution in [0.15, 0.2) is 98.0 Å². The molecule has 32 heavy (non-hydrogen) atoms. The molecular weight excluding hydrogens is 402 g/mol. The first kappa shape index (κ1) is 21.3. The summed E-state index contributed by atoms with van der Waals surface area (Å²) in [6.45, 7) is 0. The largest absolute Gasteiger partial charge is 0.378 e. The Hall–Kier alpha value is -3.97. The van der Waals surface area contributed by atoms with E-state index < -0.39 is 11.6 Å². The monoisotopic (exact) mass is 425 g/mol. The molecule has 1 amide bonds. The molecule has 0 spiro atoms. The van der Waals surface area contributed by atoms with Crippen molar-refractivity contribution in [1.82, 2.24) is 25.3 Å². The van der Waals surface area contributed by atoms with E-state index in [9.17, 15) is 9.90 Å². The molecule has 7 nitrogen and oxygen atoms in total. The number of rotatable bonds is 8. The molecule has 160 valence electrons. The number of aliphatic hydroxyl groups is 1. The summed E-state index contributed by atoms with van der Waals surface area (Å²) in [7, 11) is 0. The zero-order chi connectivity index (χ0) is 22.2. The first-order valence-corrected chi connectivity index (χ1v) is 10.3. The second kappa shape index (κ2) is 9.89. The van der Waals surface area contributed by atoms with E-state index in [1.165, 1.54) is 0 Å². The molecule has 0 saturated heterocycles. The van der Waals surface area contributed by atoms with Crippen molar-refractivity contribution < 1.29 is 9.90 Å². The van der Waals surface area contributed by atoms with Crippen molar-refractivity contribution in [1.29, 1.82) is 0 Å². The first-order valence-electron chi connectivity index (χ1n) is 10.3. The Balaban J connectivity index is 1.71. The number of pyridine rings is 2. The van der Waals surface area contributed by atoms with Gasteiger partial charge in [0.15, 0.2) is 0 Å². The van der Waals surface area contributed by atoms with Gasteiger partial charge in [-0.2, -0.15) is 0 Å². The zero-order valence-electron chi connectivity index (χ0n) is 17.4. The molecule has 0 fully saturated rings. The van der Waals surface area contributed by atoms with E-state index in [1.54, 1.807) is 67.6 Å². The fraction of sp³-hybridized carbons (Fsp3) is 0.160. The van der Waals surface area contributed by atoms with Gasteiger partial charge in [-0.05, 0) is 24.1 Å². The van der Waals surface area contributed by atoms with Crippen molar-refractivity contribution in [3.8, 4) is 0 Å². The summed E-state index contributed by atoms with van der Waals surface area (Å²) in [4.78, 5) is 29.7. The van der Waals surface area contributed by atoms with Crippen molar-refractivity contribution >= 4 is 5.91 Å². The van der Waals surface area contributed by atoms with Crippen LogP contribution in [-0.2, 0) is 16.8 Å². The summed E-state index contributed by atoms with van der Waals surface area (Å²) < 4.78 is 0. The van der Waals surface area contributed by atoms with E-state index in [1.807, 2.05) is 30.3 Å². The van der Waals surface area contributed by atoms with Gasteiger partial charge in [-0.1, -0.05) is 42.5 Å². The molecule has 3 heterocycles. The number of carbonyl (C=O) groups is 1. The van der Waals surface area contributed by atoms with Gasteiger partial charge in [0.25, 0.3) is 0 Å². The molecular formula is C25H23N5O2. The third-order valence-corrected chi connectivity index (χ3v) is 5.28. The Kier molecular flexibility index (Phi) is 6.57. The Morgan fingerprint density at radius 2 is 1.50 bits per heavy atom. The van der Waals surface area contributed by atoms with Gasteiger partial charge in [0.2, 0.25) is 5.91 Å². The van der Waals surface area contributed by atoms with E-state index in [4.69, 9.17) is 0 Å². The summed E-state index contributed by atoms with van der Waals surface area (Å²) >= 11 is 0. The molecule has 0 radical (unpaired) electrons. The highest BCUT2D eigenvalue weighted by molar-refractivity contribution is 5.77. The van der Waals surface area contributed by atoms with Gasteiger partial charge in [0.05, 0.1) is 11.7 Å². The van der Waals surface area contributed by atoms with E-state index in [0.717, 1.165) is 11.3 Å². The van der Waals surface area contributed by atoms with Crippen molar-refractivity contribution in [3.05, 3.63) is 120 Å². The average Bonchev–Trinajstić information content (AvgIpc) is 2.88. The molecule has 4 aromatic rings. The minimum absolute atomic E-state index is 0.207. The third-order valence-electron chi connectivity index (χ3n) is 5.28. The lowest BCUT2D eigenvalue weighted by Gasteiger charge is -2.37. The highest BCUT2D eigenvalue weighted by atomic mass is 16.3. The summed E-state index contributed by atoms with van der Waals surface area (Å²) in [6, 6.07) is 15.7. The van der Waals surface area contributed by atoms with Gasteiger partial charge in [-0.3, -0.25) is 24.7 Å². The highest BCUT2D eigenvalue weighted by Gasteiger charge is 2.42. The first-order chi connectivity index (χ1) is 15.7. The van der Waals surface area contributed by atoms with Crippen LogP contribution in [-0.4, -0.2) is 30.9 Å². The van der Waals surface area contributed by atoms with Crippen LogP contribution in [0.4, 0.5) is 0 Å². The maximum Gasteiger partial charge on any atom is 0.220 e. The fourth-order valence-corrected chi connectivity index (χ4v) is 3.68. The lowest BCUT2D eigenvalue weighted by atomic mass is 9.78. The van der Waals surface area contributed by atoms with Crippen molar-refractivity contribution in [2.75, 3.05) is 0 Å². The minimum atomic E-state index is -1.59. The van der Waals surface area contributed by atoms with Crippen LogP contribution in [0.3, 0.4) is 0 Å². The van der Waals surface area contributed by atoms with E-state index in [-0.39, 0.29) is 12.3 Å². The van der Waals surface area contributed by atoms with Crippen molar-refractivity contribution in [3.63, 3.8) is 0 Å². The molecule has 0 aliphatic carbocycles. The number of amides is 1. The summed E-state index contributed by atoms with van der Waals surface area (Å²) in [5.74, 6) is -0.212. The number of hydrogen-bond donors (Lipinski definition) is 2. The molecule has 0 aliphatic rings. The van der Waals surface area contributed by atoms with Crippen LogP contribution < -0.4 is 5.32 Å². The second-order valence-corrected chi connectivity index (χ2v) is 7.36. The fourth-order valence-electron chi connectivity index (χ4n) is 3.68. The lowest BCUT2D eigenvalue weighted by Crippen LogP contribution is -2.45. The molecule has 4 rings (SSSR count). The van der Waals surface area contributed by atoms with Gasteiger partial charge in [0, 0.05) is 60.9 Å². The van der Waals surface area contributed by atoms with Gasteiger partial charge < -0.3 is 10.4 Å². The lowest BCUT2D eigenvalue weighted by molar-refractivity contribution is -0.123. The van der Waals surface area contributed by atoms with Crippen molar-refractivity contribution in [2.45, 2.75) is 24.5 Å². The molecule has 7 heteroatoms. The van der Waals surface area contributed by atoms with E-state index >= 15 is 0 Å². The van der Waals surface area contributed by atoms with Gasteiger partial charge in [-0.25, -0.2) is 0 Å². The quantitative estimate of drug-likeness (QED) is 0.450. The number of hydrogen-bond acceptors (Lipinski definition) is 6. The third kappa shape index (κ3) is 4.68. The smallest absolute Gasteiger partial charge is 0.220 e. The predicted molar refractivity (Wildman–Crippen MR) is 119 cm³/mol. The molecule has 2 N–H and O–H groups in total. The van der Waals surface area contributed by atoms with Crippen LogP contribution in [0.2, 0.25) is 0 Å². The average molecular weight is 425 g/mol. The molecule has 0 bridgehead atoms. The predicted octanol–water partition coefficient (Wildman–Crippen LogP) is 2.99. The summed E-state index contributed by atoms with van der Waals surface area (Å²) in [6.07, 6.45) is 12.0. The van der Waals surface area contributed by atoms with E-state index in [2.05, 4.69) is 25.3 Å². The zero-order valence-corrected chi connectivity index (χ0v) is 17.4. The second-order valence-electron chi connectivity index (χ2n) is 7.36. The topological polar surface area (TPSA) is 101 Å². The maximum absolute atomic E-state index is 13.0. The summed E-state index contributed by atoms with van der Waals surface area (Å²) in [5, 5.41) is 15.2. The number of aryl methyl sites for hydroxylation is 1. The van der Waals surface area contributed by atoms with Gasteiger partial charge >= 0.3 is 0 Å². The minimum Gasteiger partial charge on any atom is -0.378 e. The maximum atomic E-state index is 13.0. The molecule has 1 atom stereocenters.